The molecule has 1 aliphatic heterocycles. The van der Waals surface area contributed by atoms with E-state index in [9.17, 15) is 9.59 Å². The number of fused-ring (bicyclic) bond motifs is 1. The van der Waals surface area contributed by atoms with Crippen molar-refractivity contribution in [1.82, 2.24) is 5.32 Å². The van der Waals surface area contributed by atoms with Gasteiger partial charge in [-0.05, 0) is 50.6 Å². The highest BCUT2D eigenvalue weighted by Crippen LogP contribution is 2.24. The third-order valence-corrected chi connectivity index (χ3v) is 4.54. The van der Waals surface area contributed by atoms with Gasteiger partial charge in [-0.15, -0.1) is 0 Å². The van der Waals surface area contributed by atoms with E-state index in [1.807, 2.05) is 0 Å². The number of anilines is 1. The monoisotopic (exact) mass is 374 g/mol. The van der Waals surface area contributed by atoms with Crippen molar-refractivity contribution in [2.24, 2.45) is 0 Å². The Morgan fingerprint density at radius 3 is 2.93 bits per heavy atom. The third kappa shape index (κ3) is 4.67. The molecule has 0 spiro atoms. The van der Waals surface area contributed by atoms with Crippen LogP contribution in [0, 0.1) is 0 Å². The van der Waals surface area contributed by atoms with Gasteiger partial charge in [-0.3, -0.25) is 4.79 Å². The van der Waals surface area contributed by atoms with Crippen LogP contribution in [0.4, 0.5) is 5.69 Å². The van der Waals surface area contributed by atoms with Crippen LogP contribution in [0.25, 0.3) is 11.0 Å². The standard InChI is InChI=1S/C20H26N2O5/c1-3-5-10-26-16-8-9-21-18(16)19(23)22-14-6-7-15-13(11-14)12-17(27-15)20(24)25-4-2/h6-7,11-12,16,18,21H,3-5,8-10H2,1-2H3,(H,22,23)/t16-,18+/m1/s1. The largest absolute Gasteiger partial charge is 0.460 e. The molecule has 2 heterocycles. The lowest BCUT2D eigenvalue weighted by Crippen LogP contribution is -2.43. The Morgan fingerprint density at radius 1 is 1.30 bits per heavy atom. The molecule has 7 nitrogen and oxygen atoms in total. The van der Waals surface area contributed by atoms with E-state index >= 15 is 0 Å². The molecule has 0 radical (unpaired) electrons. The predicted molar refractivity (Wildman–Crippen MR) is 102 cm³/mol. The van der Waals surface area contributed by atoms with Gasteiger partial charge in [0.15, 0.2) is 0 Å². The summed E-state index contributed by atoms with van der Waals surface area (Å²) in [5.74, 6) is -0.471. The van der Waals surface area contributed by atoms with Gasteiger partial charge in [0.2, 0.25) is 11.7 Å². The summed E-state index contributed by atoms with van der Waals surface area (Å²) in [6.45, 7) is 5.57. The fraction of sp³-hybridized carbons (Fsp3) is 0.500. The quantitative estimate of drug-likeness (QED) is 0.545. The number of furan rings is 1. The molecule has 2 aromatic rings. The number of rotatable bonds is 8. The van der Waals surface area contributed by atoms with E-state index < -0.39 is 5.97 Å². The Kier molecular flexibility index (Phi) is 6.47. The third-order valence-electron chi connectivity index (χ3n) is 4.54. The van der Waals surface area contributed by atoms with Gasteiger partial charge in [-0.1, -0.05) is 13.3 Å². The van der Waals surface area contributed by atoms with Gasteiger partial charge >= 0.3 is 5.97 Å². The van der Waals surface area contributed by atoms with Crippen molar-refractivity contribution >= 4 is 28.5 Å². The molecule has 0 unspecified atom stereocenters. The first-order chi connectivity index (χ1) is 13.1. The minimum absolute atomic E-state index is 0.107. The highest BCUT2D eigenvalue weighted by atomic mass is 16.5. The molecular weight excluding hydrogens is 348 g/mol. The molecular formula is C20H26N2O5. The summed E-state index contributed by atoms with van der Waals surface area (Å²) < 4.78 is 16.3. The van der Waals surface area contributed by atoms with Crippen LogP contribution in [0.1, 0.15) is 43.7 Å². The van der Waals surface area contributed by atoms with E-state index in [4.69, 9.17) is 13.9 Å². The summed E-state index contributed by atoms with van der Waals surface area (Å²) in [5, 5.41) is 6.86. The van der Waals surface area contributed by atoms with E-state index in [-0.39, 0.29) is 30.4 Å². The van der Waals surface area contributed by atoms with E-state index in [2.05, 4.69) is 17.6 Å². The Bertz CT molecular complexity index is 801. The van der Waals surface area contributed by atoms with Gasteiger partial charge < -0.3 is 24.5 Å². The number of ether oxygens (including phenoxy) is 2. The van der Waals surface area contributed by atoms with Crippen molar-refractivity contribution in [3.05, 3.63) is 30.0 Å². The van der Waals surface area contributed by atoms with Crippen LogP contribution in [0.2, 0.25) is 0 Å². The van der Waals surface area contributed by atoms with Gasteiger partial charge in [0.1, 0.15) is 11.6 Å². The summed E-state index contributed by atoms with van der Waals surface area (Å²) in [6, 6.07) is 6.51. The number of carbonyl (C=O) groups is 2. The van der Waals surface area contributed by atoms with Gasteiger partial charge in [0.05, 0.1) is 12.7 Å². The maximum Gasteiger partial charge on any atom is 0.374 e. The molecule has 7 heteroatoms. The van der Waals surface area contributed by atoms with E-state index in [1.165, 1.54) is 0 Å². The minimum atomic E-state index is -0.499. The Balaban J connectivity index is 1.66. The molecule has 0 saturated carbocycles. The summed E-state index contributed by atoms with van der Waals surface area (Å²) in [4.78, 5) is 24.4. The molecule has 3 rings (SSSR count). The number of amides is 1. The van der Waals surface area contributed by atoms with Gasteiger partial charge in [-0.2, -0.15) is 0 Å². The lowest BCUT2D eigenvalue weighted by atomic mass is 10.1. The summed E-state index contributed by atoms with van der Waals surface area (Å²) in [6.07, 6.45) is 2.77. The normalized spacial score (nSPS) is 19.3. The topological polar surface area (TPSA) is 89.8 Å². The van der Waals surface area contributed by atoms with Crippen LogP contribution in [0.5, 0.6) is 0 Å². The Hall–Kier alpha value is -2.38. The maximum atomic E-state index is 12.6. The molecule has 2 N–H and O–H groups in total. The highest BCUT2D eigenvalue weighted by Gasteiger charge is 2.33. The second-order valence-electron chi connectivity index (χ2n) is 6.56. The molecule has 0 bridgehead atoms. The smallest absolute Gasteiger partial charge is 0.374 e. The van der Waals surface area contributed by atoms with Gasteiger partial charge in [0, 0.05) is 17.7 Å². The number of esters is 1. The van der Waals surface area contributed by atoms with E-state index in [1.54, 1.807) is 31.2 Å². The number of unbranched alkanes of at least 4 members (excludes halogenated alkanes) is 1. The minimum Gasteiger partial charge on any atom is -0.460 e. The van der Waals surface area contributed by atoms with Crippen LogP contribution in [-0.2, 0) is 14.3 Å². The molecule has 1 saturated heterocycles. The molecule has 2 atom stereocenters. The molecule has 1 amide bonds. The molecule has 0 aliphatic carbocycles. The van der Waals surface area contributed by atoms with Crippen molar-refractivity contribution in [3.63, 3.8) is 0 Å². The second kappa shape index (κ2) is 9.01. The molecule has 146 valence electrons. The van der Waals surface area contributed by atoms with Crippen molar-refractivity contribution in [2.75, 3.05) is 25.1 Å². The Morgan fingerprint density at radius 2 is 2.15 bits per heavy atom. The zero-order chi connectivity index (χ0) is 19.2. The zero-order valence-electron chi connectivity index (χ0n) is 15.7. The van der Waals surface area contributed by atoms with Crippen molar-refractivity contribution < 1.29 is 23.5 Å². The number of carbonyl (C=O) groups excluding carboxylic acids is 2. The number of benzene rings is 1. The van der Waals surface area contributed by atoms with E-state index in [0.29, 0.717) is 17.9 Å². The molecule has 27 heavy (non-hydrogen) atoms. The summed E-state index contributed by atoms with van der Waals surface area (Å²) >= 11 is 0. The first-order valence-corrected chi connectivity index (χ1v) is 9.49. The lowest BCUT2D eigenvalue weighted by molar-refractivity contribution is -0.120. The van der Waals surface area contributed by atoms with E-state index in [0.717, 1.165) is 31.2 Å². The number of nitrogens with one attached hydrogen (secondary N) is 2. The zero-order valence-corrected chi connectivity index (χ0v) is 15.7. The van der Waals surface area contributed by atoms with Crippen LogP contribution in [0.3, 0.4) is 0 Å². The van der Waals surface area contributed by atoms with Crippen molar-refractivity contribution in [3.8, 4) is 0 Å². The average molecular weight is 374 g/mol. The molecule has 1 aliphatic rings. The number of hydrogen-bond acceptors (Lipinski definition) is 6. The first-order valence-electron chi connectivity index (χ1n) is 9.49. The van der Waals surface area contributed by atoms with Crippen molar-refractivity contribution in [1.29, 1.82) is 0 Å². The molecule has 1 aromatic heterocycles. The van der Waals surface area contributed by atoms with Crippen LogP contribution >= 0.6 is 0 Å². The maximum absolute atomic E-state index is 12.6. The molecule has 1 aromatic carbocycles. The predicted octanol–water partition coefficient (Wildman–Crippen LogP) is 3.10. The first kappa shape index (κ1) is 19.4. The van der Waals surface area contributed by atoms with Crippen LogP contribution < -0.4 is 10.6 Å². The number of hydrogen-bond donors (Lipinski definition) is 2. The lowest BCUT2D eigenvalue weighted by Gasteiger charge is -2.19. The Labute approximate surface area is 158 Å². The SMILES string of the molecule is CCCCO[C@@H]1CCN[C@@H]1C(=O)Nc1ccc2oc(C(=O)OCC)cc2c1. The van der Waals surface area contributed by atoms with Crippen LogP contribution in [0.15, 0.2) is 28.7 Å². The second-order valence-corrected chi connectivity index (χ2v) is 6.56. The summed E-state index contributed by atoms with van der Waals surface area (Å²) in [5.41, 5.74) is 1.21. The van der Waals surface area contributed by atoms with Crippen LogP contribution in [-0.4, -0.2) is 43.8 Å². The fourth-order valence-corrected chi connectivity index (χ4v) is 3.14. The highest BCUT2D eigenvalue weighted by molar-refractivity contribution is 5.98. The van der Waals surface area contributed by atoms with Crippen molar-refractivity contribution in [2.45, 2.75) is 45.3 Å². The molecule has 1 fully saturated rings. The summed E-state index contributed by atoms with van der Waals surface area (Å²) in [7, 11) is 0. The van der Waals surface area contributed by atoms with Gasteiger partial charge in [-0.25, -0.2) is 4.79 Å². The average Bonchev–Trinajstić information content (AvgIpc) is 3.28. The fourth-order valence-electron chi connectivity index (χ4n) is 3.14. The van der Waals surface area contributed by atoms with Gasteiger partial charge in [0.25, 0.3) is 0 Å².